The van der Waals surface area contributed by atoms with Crippen LogP contribution >= 0.6 is 11.6 Å². The lowest BCUT2D eigenvalue weighted by atomic mass is 10.2. The van der Waals surface area contributed by atoms with Gasteiger partial charge in [-0.15, -0.1) is 5.10 Å². The first-order chi connectivity index (χ1) is 10.1. The first kappa shape index (κ1) is 15.2. The molecule has 0 amide bonds. The molecule has 6 heteroatoms. The van der Waals surface area contributed by atoms with Gasteiger partial charge in [-0.05, 0) is 31.0 Å². The molecule has 0 saturated heterocycles. The average Bonchev–Trinajstić information content (AvgIpc) is 2.82. The van der Waals surface area contributed by atoms with E-state index in [4.69, 9.17) is 22.1 Å². The smallest absolute Gasteiger partial charge is 0.253 e. The minimum atomic E-state index is 0.116. The Hall–Kier alpha value is -2.19. The molecular weight excluding hydrogens is 288 g/mol. The number of hydrogen-bond donors (Lipinski definition) is 1. The number of hydrogen-bond acceptors (Lipinski definition) is 4. The lowest BCUT2D eigenvalue weighted by molar-refractivity contribution is 0.286. The van der Waals surface area contributed by atoms with Crippen molar-refractivity contribution in [2.75, 3.05) is 5.73 Å². The largest absolute Gasteiger partial charge is 0.471 e. The van der Waals surface area contributed by atoms with Crippen molar-refractivity contribution >= 4 is 17.4 Å². The summed E-state index contributed by atoms with van der Waals surface area (Å²) >= 11 is 5.84. The summed E-state index contributed by atoms with van der Waals surface area (Å²) in [6, 6.07) is 9.48. The maximum atomic E-state index is 9.22. The van der Waals surface area contributed by atoms with E-state index in [0.717, 1.165) is 12.0 Å². The highest BCUT2D eigenvalue weighted by Crippen LogP contribution is 2.27. The van der Waals surface area contributed by atoms with Crippen LogP contribution in [0.5, 0.6) is 5.88 Å². The van der Waals surface area contributed by atoms with Crippen LogP contribution in [0.15, 0.2) is 24.3 Å². The molecule has 1 heterocycles. The van der Waals surface area contributed by atoms with E-state index in [2.05, 4.69) is 11.2 Å². The molecule has 0 fully saturated rings. The van der Waals surface area contributed by atoms with Crippen molar-refractivity contribution in [3.63, 3.8) is 0 Å². The van der Waals surface area contributed by atoms with Gasteiger partial charge >= 0.3 is 0 Å². The third-order valence-electron chi connectivity index (χ3n) is 3.32. The number of ether oxygens (including phenoxy) is 1. The highest BCUT2D eigenvalue weighted by Gasteiger charge is 2.19. The lowest BCUT2D eigenvalue weighted by Crippen LogP contribution is -2.09. The molecule has 0 unspecified atom stereocenters. The monoisotopic (exact) mass is 304 g/mol. The predicted molar refractivity (Wildman–Crippen MR) is 82.1 cm³/mol. The molecule has 1 atom stereocenters. The molecule has 1 aromatic heterocycles. The number of nitrogens with two attached hydrogens (primary N) is 1. The zero-order valence-electron chi connectivity index (χ0n) is 12.0. The van der Waals surface area contributed by atoms with Crippen LogP contribution < -0.4 is 10.5 Å². The second-order valence-corrected chi connectivity index (χ2v) is 5.23. The molecule has 110 valence electrons. The second-order valence-electron chi connectivity index (χ2n) is 4.79. The van der Waals surface area contributed by atoms with Crippen molar-refractivity contribution in [3.8, 4) is 11.9 Å². The summed E-state index contributed by atoms with van der Waals surface area (Å²) in [7, 11) is 0. The van der Waals surface area contributed by atoms with Crippen LogP contribution in [0.2, 0.25) is 5.02 Å². The zero-order chi connectivity index (χ0) is 15.4. The van der Waals surface area contributed by atoms with Gasteiger partial charge in [-0.2, -0.15) is 5.26 Å². The van der Waals surface area contributed by atoms with E-state index in [1.54, 1.807) is 16.8 Å². The van der Waals surface area contributed by atoms with Crippen LogP contribution in [0.1, 0.15) is 37.4 Å². The van der Waals surface area contributed by atoms with Crippen molar-refractivity contribution in [1.29, 1.82) is 5.26 Å². The third-order valence-corrected chi connectivity index (χ3v) is 3.58. The van der Waals surface area contributed by atoms with Crippen LogP contribution in [0.4, 0.5) is 5.82 Å². The Labute approximate surface area is 128 Å². The van der Waals surface area contributed by atoms with Gasteiger partial charge in [0.25, 0.3) is 5.88 Å². The standard InChI is InChI=1S/C15H17ClN4O/c1-3-10(2)20-14(18)13(8-17)15(19-20)21-9-11-4-6-12(16)7-5-11/h4-7,10H,3,9,18H2,1-2H3/t10-/m1/s1. The summed E-state index contributed by atoms with van der Waals surface area (Å²) in [6.07, 6.45) is 0.868. The molecule has 2 aromatic rings. The average molecular weight is 305 g/mol. The quantitative estimate of drug-likeness (QED) is 0.916. The van der Waals surface area contributed by atoms with E-state index in [1.165, 1.54) is 0 Å². The minimum Gasteiger partial charge on any atom is -0.471 e. The van der Waals surface area contributed by atoms with Crippen LogP contribution in [-0.2, 0) is 6.61 Å². The van der Waals surface area contributed by atoms with Gasteiger partial charge in [-0.25, -0.2) is 4.68 Å². The fourth-order valence-electron chi connectivity index (χ4n) is 1.87. The number of anilines is 1. The van der Waals surface area contributed by atoms with E-state index in [-0.39, 0.29) is 17.5 Å². The SMILES string of the molecule is CC[C@@H](C)n1nc(OCc2ccc(Cl)cc2)c(C#N)c1N. The van der Waals surface area contributed by atoms with Gasteiger partial charge in [-0.1, -0.05) is 30.7 Å². The Morgan fingerprint density at radius 2 is 2.10 bits per heavy atom. The van der Waals surface area contributed by atoms with Gasteiger partial charge in [0.15, 0.2) is 5.56 Å². The van der Waals surface area contributed by atoms with Gasteiger partial charge in [0, 0.05) is 5.02 Å². The summed E-state index contributed by atoms with van der Waals surface area (Å²) in [6.45, 7) is 4.34. The first-order valence-corrected chi connectivity index (χ1v) is 7.10. The highest BCUT2D eigenvalue weighted by atomic mass is 35.5. The number of aromatic nitrogens is 2. The zero-order valence-corrected chi connectivity index (χ0v) is 12.8. The van der Waals surface area contributed by atoms with Gasteiger partial charge in [0.2, 0.25) is 0 Å². The Morgan fingerprint density at radius 3 is 2.67 bits per heavy atom. The number of nitrogens with zero attached hydrogens (tertiary/aromatic N) is 3. The second kappa shape index (κ2) is 6.51. The molecule has 21 heavy (non-hydrogen) atoms. The Morgan fingerprint density at radius 1 is 1.43 bits per heavy atom. The van der Waals surface area contributed by atoms with Crippen LogP contribution in [0.3, 0.4) is 0 Å². The highest BCUT2D eigenvalue weighted by molar-refractivity contribution is 6.30. The van der Waals surface area contributed by atoms with Gasteiger partial charge in [0.05, 0.1) is 6.04 Å². The van der Waals surface area contributed by atoms with Crippen molar-refractivity contribution in [2.45, 2.75) is 32.9 Å². The van der Waals surface area contributed by atoms with Gasteiger partial charge in [0.1, 0.15) is 18.5 Å². The third kappa shape index (κ3) is 3.29. The molecule has 0 bridgehead atoms. The number of rotatable bonds is 5. The van der Waals surface area contributed by atoms with Crippen molar-refractivity contribution in [3.05, 3.63) is 40.4 Å². The van der Waals surface area contributed by atoms with E-state index in [9.17, 15) is 5.26 Å². The van der Waals surface area contributed by atoms with Crippen molar-refractivity contribution in [2.24, 2.45) is 0 Å². The fourth-order valence-corrected chi connectivity index (χ4v) is 2.00. The van der Waals surface area contributed by atoms with Crippen LogP contribution in [0.25, 0.3) is 0 Å². The fraction of sp³-hybridized carbons (Fsp3) is 0.333. The Kier molecular flexibility index (Phi) is 4.71. The molecule has 1 aromatic carbocycles. The predicted octanol–water partition coefficient (Wildman–Crippen LogP) is 3.54. The number of nitriles is 1. The summed E-state index contributed by atoms with van der Waals surface area (Å²) in [5.41, 5.74) is 7.19. The Balaban J connectivity index is 2.20. The normalized spacial score (nSPS) is 11.9. The summed E-state index contributed by atoms with van der Waals surface area (Å²) in [4.78, 5) is 0. The number of benzene rings is 1. The number of halogens is 1. The number of nitrogen functional groups attached to an aromatic ring is 1. The first-order valence-electron chi connectivity index (χ1n) is 6.72. The summed E-state index contributed by atoms with van der Waals surface area (Å²) in [5.74, 6) is 0.614. The topological polar surface area (TPSA) is 76.9 Å². The van der Waals surface area contributed by atoms with Gasteiger partial charge in [-0.3, -0.25) is 0 Å². The minimum absolute atomic E-state index is 0.116. The summed E-state index contributed by atoms with van der Waals surface area (Å²) < 4.78 is 7.27. The lowest BCUT2D eigenvalue weighted by Gasteiger charge is -2.10. The molecule has 0 aliphatic rings. The van der Waals surface area contributed by atoms with E-state index in [1.807, 2.05) is 26.0 Å². The molecule has 2 N–H and O–H groups in total. The molecule has 2 rings (SSSR count). The molecule has 0 spiro atoms. The molecule has 0 saturated carbocycles. The van der Waals surface area contributed by atoms with Gasteiger partial charge < -0.3 is 10.5 Å². The Bertz CT molecular complexity index is 658. The molecule has 5 nitrogen and oxygen atoms in total. The van der Waals surface area contributed by atoms with E-state index in [0.29, 0.717) is 17.4 Å². The van der Waals surface area contributed by atoms with Crippen LogP contribution in [0, 0.1) is 11.3 Å². The van der Waals surface area contributed by atoms with Crippen molar-refractivity contribution < 1.29 is 4.74 Å². The molecule has 0 aliphatic heterocycles. The molecule has 0 aliphatic carbocycles. The van der Waals surface area contributed by atoms with Crippen molar-refractivity contribution in [1.82, 2.24) is 9.78 Å². The maximum Gasteiger partial charge on any atom is 0.253 e. The molecule has 0 radical (unpaired) electrons. The molecular formula is C15H17ClN4O. The summed E-state index contributed by atoms with van der Waals surface area (Å²) in [5, 5.41) is 14.2. The van der Waals surface area contributed by atoms with Crippen LogP contribution in [-0.4, -0.2) is 9.78 Å². The van der Waals surface area contributed by atoms with E-state index < -0.39 is 0 Å². The maximum absolute atomic E-state index is 9.22. The van der Waals surface area contributed by atoms with E-state index >= 15 is 0 Å².